The molecular formula is C39H23N3S2. The predicted molar refractivity (Wildman–Crippen MR) is 187 cm³/mol. The summed E-state index contributed by atoms with van der Waals surface area (Å²) in [6.07, 6.45) is 0. The van der Waals surface area contributed by atoms with E-state index >= 15 is 0 Å². The Morgan fingerprint density at radius 2 is 0.886 bits per heavy atom. The third kappa shape index (κ3) is 4.21. The molecule has 206 valence electrons. The van der Waals surface area contributed by atoms with E-state index < -0.39 is 0 Å². The molecule has 6 aromatic carbocycles. The quantitative estimate of drug-likeness (QED) is 0.203. The fraction of sp³-hybridized carbons (Fsp3) is 0. The van der Waals surface area contributed by atoms with E-state index in [9.17, 15) is 0 Å². The number of nitrogens with zero attached hydrogens (tertiary/aromatic N) is 3. The summed E-state index contributed by atoms with van der Waals surface area (Å²) in [5, 5.41) is 5.03. The van der Waals surface area contributed by atoms with Gasteiger partial charge in [-0.15, -0.1) is 22.7 Å². The highest BCUT2D eigenvalue weighted by molar-refractivity contribution is 7.26. The maximum atomic E-state index is 5.13. The van der Waals surface area contributed by atoms with Crippen molar-refractivity contribution < 1.29 is 0 Å². The minimum absolute atomic E-state index is 0.666. The van der Waals surface area contributed by atoms with Crippen molar-refractivity contribution in [1.82, 2.24) is 15.0 Å². The first-order valence-corrected chi connectivity index (χ1v) is 16.2. The van der Waals surface area contributed by atoms with E-state index in [1.165, 1.54) is 45.9 Å². The molecule has 0 atom stereocenters. The molecule has 3 aromatic heterocycles. The first-order chi connectivity index (χ1) is 21.8. The number of thiophene rings is 2. The lowest BCUT2D eigenvalue weighted by atomic mass is 10.0. The van der Waals surface area contributed by atoms with Crippen LogP contribution in [0.2, 0.25) is 0 Å². The highest BCUT2D eigenvalue weighted by Gasteiger charge is 2.17. The van der Waals surface area contributed by atoms with Crippen LogP contribution in [0.25, 0.3) is 85.6 Å². The summed E-state index contributed by atoms with van der Waals surface area (Å²) in [6, 6.07) is 49.1. The number of hydrogen-bond acceptors (Lipinski definition) is 5. The molecule has 9 rings (SSSR count). The van der Waals surface area contributed by atoms with E-state index in [-0.39, 0.29) is 0 Å². The van der Waals surface area contributed by atoms with E-state index in [0.717, 1.165) is 22.3 Å². The summed E-state index contributed by atoms with van der Waals surface area (Å²) in [4.78, 5) is 15.3. The minimum Gasteiger partial charge on any atom is -0.208 e. The van der Waals surface area contributed by atoms with Gasteiger partial charge in [0.1, 0.15) is 0 Å². The second kappa shape index (κ2) is 10.2. The zero-order valence-electron chi connectivity index (χ0n) is 23.4. The van der Waals surface area contributed by atoms with Crippen molar-refractivity contribution in [3.8, 4) is 45.3 Å². The molecule has 3 nitrogen and oxygen atoms in total. The molecule has 0 amide bonds. The fourth-order valence-corrected chi connectivity index (χ4v) is 8.34. The van der Waals surface area contributed by atoms with Crippen molar-refractivity contribution in [3.63, 3.8) is 0 Å². The molecule has 9 aromatic rings. The Kier molecular flexibility index (Phi) is 5.86. The Bertz CT molecular complexity index is 2490. The Hall–Kier alpha value is -5.23. The van der Waals surface area contributed by atoms with E-state index in [1.54, 1.807) is 22.7 Å². The van der Waals surface area contributed by atoms with Crippen molar-refractivity contribution in [2.45, 2.75) is 0 Å². The fourth-order valence-electron chi connectivity index (χ4n) is 5.99. The summed E-state index contributed by atoms with van der Waals surface area (Å²) in [5.41, 5.74) is 5.31. The van der Waals surface area contributed by atoms with Gasteiger partial charge in [0.15, 0.2) is 17.5 Å². The normalized spacial score (nSPS) is 11.6. The third-order valence-electron chi connectivity index (χ3n) is 8.17. The standard InChI is InChI=1S/C39H23N3S2/c1-2-9-24(10-3-1)25-17-19-26(20-18-25)37-40-38(27-21-22-30-28-11-4-6-15-33(28)43-35(30)23-27)42-39(41-37)32-14-8-13-31-29-12-5-7-16-34(29)44-36(31)32/h1-23H. The van der Waals surface area contributed by atoms with Gasteiger partial charge in [-0.1, -0.05) is 115 Å². The molecule has 3 heterocycles. The molecule has 0 fully saturated rings. The van der Waals surface area contributed by atoms with Crippen molar-refractivity contribution >= 4 is 63.0 Å². The van der Waals surface area contributed by atoms with Gasteiger partial charge in [0.25, 0.3) is 0 Å². The van der Waals surface area contributed by atoms with Crippen LogP contribution >= 0.6 is 22.7 Å². The molecule has 0 bridgehead atoms. The molecule has 44 heavy (non-hydrogen) atoms. The molecule has 0 aliphatic rings. The van der Waals surface area contributed by atoms with Crippen LogP contribution in [-0.4, -0.2) is 15.0 Å². The molecule has 0 saturated heterocycles. The highest BCUT2D eigenvalue weighted by atomic mass is 32.1. The van der Waals surface area contributed by atoms with Gasteiger partial charge in [0.05, 0.1) is 0 Å². The van der Waals surface area contributed by atoms with Gasteiger partial charge in [-0.25, -0.2) is 15.0 Å². The van der Waals surface area contributed by atoms with Crippen LogP contribution in [0.15, 0.2) is 140 Å². The van der Waals surface area contributed by atoms with E-state index in [0.29, 0.717) is 17.5 Å². The van der Waals surface area contributed by atoms with Crippen molar-refractivity contribution in [1.29, 1.82) is 0 Å². The van der Waals surface area contributed by atoms with Crippen LogP contribution in [0.4, 0.5) is 0 Å². The highest BCUT2D eigenvalue weighted by Crippen LogP contribution is 2.40. The van der Waals surface area contributed by atoms with Crippen molar-refractivity contribution in [2.24, 2.45) is 0 Å². The van der Waals surface area contributed by atoms with Gasteiger partial charge in [0.2, 0.25) is 0 Å². The Morgan fingerprint density at radius 1 is 0.341 bits per heavy atom. The maximum absolute atomic E-state index is 5.13. The van der Waals surface area contributed by atoms with Gasteiger partial charge in [-0.2, -0.15) is 0 Å². The summed E-state index contributed by atoms with van der Waals surface area (Å²) in [7, 11) is 0. The first kappa shape index (κ1) is 25.3. The van der Waals surface area contributed by atoms with E-state index in [1.807, 2.05) is 6.07 Å². The van der Waals surface area contributed by atoms with Crippen LogP contribution in [0.5, 0.6) is 0 Å². The molecular weight excluding hydrogens is 575 g/mol. The van der Waals surface area contributed by atoms with Gasteiger partial charge in [0, 0.05) is 57.0 Å². The molecule has 0 spiro atoms. The molecule has 0 aliphatic heterocycles. The second-order valence-electron chi connectivity index (χ2n) is 10.8. The smallest absolute Gasteiger partial charge is 0.165 e. The summed E-state index contributed by atoms with van der Waals surface area (Å²) in [6.45, 7) is 0. The molecule has 0 radical (unpaired) electrons. The van der Waals surface area contributed by atoms with Crippen molar-refractivity contribution in [2.75, 3.05) is 0 Å². The lowest BCUT2D eigenvalue weighted by Crippen LogP contribution is -2.00. The summed E-state index contributed by atoms with van der Waals surface area (Å²) < 4.78 is 4.96. The van der Waals surface area contributed by atoms with Crippen LogP contribution in [-0.2, 0) is 0 Å². The maximum Gasteiger partial charge on any atom is 0.165 e. The Morgan fingerprint density at radius 3 is 1.68 bits per heavy atom. The molecule has 0 saturated carbocycles. The summed E-state index contributed by atoms with van der Waals surface area (Å²) in [5.74, 6) is 2.03. The largest absolute Gasteiger partial charge is 0.208 e. The van der Waals surface area contributed by atoms with Gasteiger partial charge < -0.3 is 0 Å². The predicted octanol–water partition coefficient (Wildman–Crippen LogP) is 11.3. The molecule has 0 aliphatic carbocycles. The monoisotopic (exact) mass is 597 g/mol. The zero-order chi connectivity index (χ0) is 29.0. The topological polar surface area (TPSA) is 38.7 Å². The van der Waals surface area contributed by atoms with Gasteiger partial charge in [-0.05, 0) is 35.4 Å². The van der Waals surface area contributed by atoms with Crippen LogP contribution in [0.1, 0.15) is 0 Å². The van der Waals surface area contributed by atoms with Crippen LogP contribution < -0.4 is 0 Å². The number of aromatic nitrogens is 3. The SMILES string of the molecule is c1ccc(-c2ccc(-c3nc(-c4ccc5c(c4)sc4ccccc45)nc(-c4cccc5c4sc4ccccc45)n3)cc2)cc1. The third-order valence-corrected chi connectivity index (χ3v) is 10.5. The Balaban J connectivity index is 1.24. The number of benzene rings is 6. The average Bonchev–Trinajstić information content (AvgIpc) is 3.66. The van der Waals surface area contributed by atoms with Crippen LogP contribution in [0.3, 0.4) is 0 Å². The number of fused-ring (bicyclic) bond motifs is 6. The van der Waals surface area contributed by atoms with Crippen molar-refractivity contribution in [3.05, 3.63) is 140 Å². The minimum atomic E-state index is 0.666. The Labute approximate surface area is 261 Å². The molecule has 0 unspecified atom stereocenters. The zero-order valence-corrected chi connectivity index (χ0v) is 25.1. The lowest BCUT2D eigenvalue weighted by molar-refractivity contribution is 1.08. The average molecular weight is 598 g/mol. The van der Waals surface area contributed by atoms with E-state index in [4.69, 9.17) is 15.0 Å². The van der Waals surface area contributed by atoms with Gasteiger partial charge >= 0.3 is 0 Å². The van der Waals surface area contributed by atoms with Crippen LogP contribution in [0, 0.1) is 0 Å². The summed E-state index contributed by atoms with van der Waals surface area (Å²) >= 11 is 3.60. The lowest BCUT2D eigenvalue weighted by Gasteiger charge is -2.10. The molecule has 5 heteroatoms. The van der Waals surface area contributed by atoms with Gasteiger partial charge in [-0.3, -0.25) is 0 Å². The molecule has 0 N–H and O–H groups in total. The van der Waals surface area contributed by atoms with E-state index in [2.05, 4.69) is 133 Å². The first-order valence-electron chi connectivity index (χ1n) is 14.5. The number of rotatable bonds is 4. The number of hydrogen-bond donors (Lipinski definition) is 0. The second-order valence-corrected chi connectivity index (χ2v) is 13.0.